The molecule has 0 aliphatic rings. The van der Waals surface area contributed by atoms with E-state index in [2.05, 4.69) is 5.32 Å². The Kier molecular flexibility index (Phi) is 6.72. The minimum absolute atomic E-state index is 0.113. The summed E-state index contributed by atoms with van der Waals surface area (Å²) >= 11 is 0. The predicted molar refractivity (Wildman–Crippen MR) is 62.2 cm³/mol. The second-order valence-electron chi connectivity index (χ2n) is 4.09. The molecule has 0 rings (SSSR count). The van der Waals surface area contributed by atoms with E-state index in [0.29, 0.717) is 0 Å². The van der Waals surface area contributed by atoms with E-state index < -0.39 is 12.0 Å². The number of carboxylic acids is 1. The lowest BCUT2D eigenvalue weighted by atomic mass is 10.0. The molecule has 5 heteroatoms. The number of hydrogen-bond donors (Lipinski definition) is 2. The first-order chi connectivity index (χ1) is 7.42. The Morgan fingerprint density at radius 1 is 1.25 bits per heavy atom. The van der Waals surface area contributed by atoms with Gasteiger partial charge in [0.15, 0.2) is 0 Å². The molecule has 5 nitrogen and oxygen atoms in total. The fourth-order valence-electron chi connectivity index (χ4n) is 1.38. The first kappa shape index (κ1) is 14.9. The minimum atomic E-state index is -0.983. The van der Waals surface area contributed by atoms with E-state index in [1.54, 1.807) is 13.8 Å². The van der Waals surface area contributed by atoms with Crippen molar-refractivity contribution in [2.75, 3.05) is 19.6 Å². The summed E-state index contributed by atoms with van der Waals surface area (Å²) < 4.78 is 0. The highest BCUT2D eigenvalue weighted by Gasteiger charge is 2.23. The van der Waals surface area contributed by atoms with Crippen molar-refractivity contribution < 1.29 is 14.7 Å². The van der Waals surface area contributed by atoms with Crippen molar-refractivity contribution in [1.82, 2.24) is 10.2 Å². The van der Waals surface area contributed by atoms with Crippen LogP contribution < -0.4 is 5.32 Å². The van der Waals surface area contributed by atoms with Crippen LogP contribution in [0.15, 0.2) is 0 Å². The number of aliphatic carboxylic acids is 1. The molecule has 16 heavy (non-hydrogen) atoms. The molecular weight excluding hydrogens is 208 g/mol. The second kappa shape index (κ2) is 7.22. The molecule has 94 valence electrons. The number of likely N-dealkylation sites (N-methyl/N-ethyl adjacent to an activating group) is 1. The monoisotopic (exact) mass is 230 g/mol. The van der Waals surface area contributed by atoms with Gasteiger partial charge in [0.2, 0.25) is 5.91 Å². The molecule has 0 aromatic rings. The Labute approximate surface area is 96.8 Å². The van der Waals surface area contributed by atoms with Crippen molar-refractivity contribution in [2.45, 2.75) is 33.7 Å². The Bertz CT molecular complexity index is 237. The fraction of sp³-hybridized carbons (Fsp3) is 0.818. The van der Waals surface area contributed by atoms with Gasteiger partial charge in [0, 0.05) is 0 Å². The summed E-state index contributed by atoms with van der Waals surface area (Å²) in [5.74, 6) is -1.33. The third-order valence-electron chi connectivity index (χ3n) is 2.51. The molecule has 1 amide bonds. The highest BCUT2D eigenvalue weighted by atomic mass is 16.4. The Morgan fingerprint density at radius 3 is 2.06 bits per heavy atom. The number of carbonyl (C=O) groups is 2. The van der Waals surface area contributed by atoms with E-state index in [1.165, 1.54) is 0 Å². The zero-order valence-electron chi connectivity index (χ0n) is 10.5. The number of carboxylic acid groups (broad SMARTS) is 1. The van der Waals surface area contributed by atoms with Crippen LogP contribution in [0.25, 0.3) is 0 Å². The van der Waals surface area contributed by atoms with Crippen LogP contribution in [0.5, 0.6) is 0 Å². The number of carbonyl (C=O) groups excluding carboxylic acids is 1. The van der Waals surface area contributed by atoms with Gasteiger partial charge in [-0.15, -0.1) is 0 Å². The van der Waals surface area contributed by atoms with Crippen molar-refractivity contribution in [3.05, 3.63) is 0 Å². The maximum absolute atomic E-state index is 11.6. The zero-order valence-corrected chi connectivity index (χ0v) is 10.5. The van der Waals surface area contributed by atoms with Gasteiger partial charge in [-0.1, -0.05) is 27.7 Å². The molecule has 0 heterocycles. The molecule has 0 aromatic heterocycles. The van der Waals surface area contributed by atoms with Crippen molar-refractivity contribution in [3.8, 4) is 0 Å². The number of amides is 1. The van der Waals surface area contributed by atoms with E-state index in [-0.39, 0.29) is 18.4 Å². The van der Waals surface area contributed by atoms with E-state index in [0.717, 1.165) is 13.1 Å². The zero-order chi connectivity index (χ0) is 12.7. The van der Waals surface area contributed by atoms with Crippen LogP contribution in [0.1, 0.15) is 27.7 Å². The van der Waals surface area contributed by atoms with Crippen LogP contribution in [0.3, 0.4) is 0 Å². The van der Waals surface area contributed by atoms with Crippen LogP contribution in [0, 0.1) is 5.92 Å². The molecule has 0 aliphatic carbocycles. The summed E-state index contributed by atoms with van der Waals surface area (Å²) in [5.41, 5.74) is 0. The van der Waals surface area contributed by atoms with Gasteiger partial charge >= 0.3 is 5.97 Å². The summed E-state index contributed by atoms with van der Waals surface area (Å²) in [5, 5.41) is 11.4. The third-order valence-corrected chi connectivity index (χ3v) is 2.51. The predicted octanol–water partition coefficient (Wildman–Crippen LogP) is 0.554. The average molecular weight is 230 g/mol. The number of rotatable bonds is 7. The highest BCUT2D eigenvalue weighted by molar-refractivity contribution is 5.84. The summed E-state index contributed by atoms with van der Waals surface area (Å²) in [6, 6.07) is -0.803. The molecule has 0 unspecified atom stereocenters. The quantitative estimate of drug-likeness (QED) is 0.670. The fourth-order valence-corrected chi connectivity index (χ4v) is 1.38. The summed E-state index contributed by atoms with van der Waals surface area (Å²) in [7, 11) is 0. The van der Waals surface area contributed by atoms with Crippen LogP contribution >= 0.6 is 0 Å². The van der Waals surface area contributed by atoms with Crippen LogP contribution in [-0.2, 0) is 9.59 Å². The van der Waals surface area contributed by atoms with Gasteiger partial charge in [-0.25, -0.2) is 4.79 Å². The number of hydrogen-bond acceptors (Lipinski definition) is 3. The summed E-state index contributed by atoms with van der Waals surface area (Å²) in [6.45, 7) is 9.30. The van der Waals surface area contributed by atoms with Gasteiger partial charge in [0.05, 0.1) is 6.54 Å². The highest BCUT2D eigenvalue weighted by Crippen LogP contribution is 2.01. The molecule has 1 atom stereocenters. The van der Waals surface area contributed by atoms with Gasteiger partial charge < -0.3 is 10.4 Å². The Morgan fingerprint density at radius 2 is 1.75 bits per heavy atom. The second-order valence-corrected chi connectivity index (χ2v) is 4.09. The molecule has 0 saturated heterocycles. The van der Waals surface area contributed by atoms with E-state index in [9.17, 15) is 9.59 Å². The van der Waals surface area contributed by atoms with Crippen molar-refractivity contribution in [3.63, 3.8) is 0 Å². The molecule has 2 N–H and O–H groups in total. The Hall–Kier alpha value is -1.10. The van der Waals surface area contributed by atoms with Gasteiger partial charge in [-0.3, -0.25) is 9.69 Å². The van der Waals surface area contributed by atoms with Gasteiger partial charge in [-0.2, -0.15) is 0 Å². The number of nitrogens with zero attached hydrogens (tertiary/aromatic N) is 1. The number of nitrogens with one attached hydrogen (secondary N) is 1. The van der Waals surface area contributed by atoms with Gasteiger partial charge in [0.25, 0.3) is 0 Å². The average Bonchev–Trinajstić information content (AvgIpc) is 2.21. The van der Waals surface area contributed by atoms with Crippen molar-refractivity contribution in [1.29, 1.82) is 0 Å². The molecular formula is C11H22N2O3. The molecule has 0 saturated carbocycles. The molecule has 0 aliphatic heterocycles. The molecule has 0 spiro atoms. The first-order valence-electron chi connectivity index (χ1n) is 5.66. The normalized spacial score (nSPS) is 12.9. The van der Waals surface area contributed by atoms with Crippen LogP contribution in [-0.4, -0.2) is 47.6 Å². The van der Waals surface area contributed by atoms with Crippen molar-refractivity contribution in [2.24, 2.45) is 5.92 Å². The minimum Gasteiger partial charge on any atom is -0.480 e. The van der Waals surface area contributed by atoms with Crippen LogP contribution in [0.4, 0.5) is 0 Å². The first-order valence-corrected chi connectivity index (χ1v) is 5.66. The lowest BCUT2D eigenvalue weighted by molar-refractivity contribution is -0.143. The van der Waals surface area contributed by atoms with Gasteiger partial charge in [-0.05, 0) is 19.0 Å². The maximum Gasteiger partial charge on any atom is 0.326 e. The smallest absolute Gasteiger partial charge is 0.326 e. The maximum atomic E-state index is 11.6. The van der Waals surface area contributed by atoms with Crippen LogP contribution in [0.2, 0.25) is 0 Å². The summed E-state index contributed by atoms with van der Waals surface area (Å²) in [6.07, 6.45) is 0. The molecule has 0 fully saturated rings. The molecule has 0 aromatic carbocycles. The van der Waals surface area contributed by atoms with E-state index >= 15 is 0 Å². The summed E-state index contributed by atoms with van der Waals surface area (Å²) in [4.78, 5) is 24.4. The molecule has 0 radical (unpaired) electrons. The molecule has 0 bridgehead atoms. The van der Waals surface area contributed by atoms with Crippen molar-refractivity contribution >= 4 is 11.9 Å². The lowest BCUT2D eigenvalue weighted by Gasteiger charge is -2.21. The largest absolute Gasteiger partial charge is 0.480 e. The third kappa shape index (κ3) is 5.11. The SMILES string of the molecule is CCN(CC)CC(=O)N[C@@H](C(=O)O)C(C)C. The lowest BCUT2D eigenvalue weighted by Crippen LogP contribution is -2.48. The Balaban J connectivity index is 4.25. The van der Waals surface area contributed by atoms with E-state index in [4.69, 9.17) is 5.11 Å². The standard InChI is InChI=1S/C11H22N2O3/c1-5-13(6-2)7-9(14)12-10(8(3)4)11(15)16/h8,10H,5-7H2,1-4H3,(H,12,14)(H,15,16)/t10-/m1/s1. The topological polar surface area (TPSA) is 69.6 Å². The van der Waals surface area contributed by atoms with E-state index in [1.807, 2.05) is 18.7 Å². The van der Waals surface area contributed by atoms with Gasteiger partial charge in [0.1, 0.15) is 6.04 Å².